The first kappa shape index (κ1) is 11.8. The van der Waals surface area contributed by atoms with Gasteiger partial charge in [-0.1, -0.05) is 17.8 Å². The molecule has 1 atom stereocenters. The molecule has 0 saturated carbocycles. The molecule has 0 spiro atoms. The van der Waals surface area contributed by atoms with Gasteiger partial charge in [0.15, 0.2) is 0 Å². The van der Waals surface area contributed by atoms with Crippen molar-refractivity contribution >= 4 is 16.5 Å². The number of anilines is 1. The zero-order valence-electron chi connectivity index (χ0n) is 9.65. The molecule has 6 heteroatoms. The fourth-order valence-electron chi connectivity index (χ4n) is 2.26. The molecule has 5 nitrogen and oxygen atoms in total. The van der Waals surface area contributed by atoms with Gasteiger partial charge in [-0.15, -0.1) is 5.10 Å². The molecule has 0 amide bonds. The van der Waals surface area contributed by atoms with Crippen molar-refractivity contribution in [1.82, 2.24) is 14.5 Å². The number of rotatable bonds is 4. The lowest BCUT2D eigenvalue weighted by atomic mass is 9.95. The summed E-state index contributed by atoms with van der Waals surface area (Å²) in [4.78, 5) is 2.45. The first-order valence-corrected chi connectivity index (χ1v) is 6.61. The fourth-order valence-corrected chi connectivity index (χ4v) is 2.75. The Morgan fingerprint density at radius 1 is 1.62 bits per heavy atom. The monoisotopic (exact) mass is 241 g/mol. The van der Waals surface area contributed by atoms with Crippen LogP contribution in [-0.2, 0) is 6.54 Å². The van der Waals surface area contributed by atoms with Crippen LogP contribution in [0.2, 0.25) is 0 Å². The van der Waals surface area contributed by atoms with Crippen molar-refractivity contribution < 1.29 is 0 Å². The highest BCUT2D eigenvalue weighted by atomic mass is 32.1. The zero-order chi connectivity index (χ0) is 11.4. The Balaban J connectivity index is 1.93. The second-order valence-electron chi connectivity index (χ2n) is 4.34. The normalized spacial score (nSPS) is 22.2. The summed E-state index contributed by atoms with van der Waals surface area (Å²) in [5, 5.41) is 5.00. The van der Waals surface area contributed by atoms with Gasteiger partial charge in [0.1, 0.15) is 10.7 Å². The number of piperidine rings is 1. The van der Waals surface area contributed by atoms with Crippen LogP contribution < -0.4 is 11.3 Å². The van der Waals surface area contributed by atoms with Crippen molar-refractivity contribution in [1.29, 1.82) is 0 Å². The molecule has 0 radical (unpaired) electrons. The molecule has 1 aliphatic heterocycles. The molecular formula is C10H19N5S. The van der Waals surface area contributed by atoms with E-state index in [0.29, 0.717) is 0 Å². The number of hydrogen-bond acceptors (Lipinski definition) is 6. The van der Waals surface area contributed by atoms with Crippen LogP contribution >= 0.6 is 11.5 Å². The molecule has 16 heavy (non-hydrogen) atoms. The minimum absolute atomic E-state index is 0.842. The smallest absolute Gasteiger partial charge is 0.148 e. The summed E-state index contributed by atoms with van der Waals surface area (Å²) in [5.74, 6) is 6.26. The Morgan fingerprint density at radius 2 is 2.50 bits per heavy atom. The average Bonchev–Trinajstić information content (AvgIpc) is 2.76. The van der Waals surface area contributed by atoms with Gasteiger partial charge in [-0.25, -0.2) is 5.84 Å². The summed E-state index contributed by atoms with van der Waals surface area (Å²) < 4.78 is 3.92. The number of nitrogens with two attached hydrogens (primary N) is 1. The summed E-state index contributed by atoms with van der Waals surface area (Å²) in [6.07, 6.45) is 3.93. The van der Waals surface area contributed by atoms with Crippen LogP contribution in [-0.4, -0.2) is 27.6 Å². The third-order valence-corrected chi connectivity index (χ3v) is 3.94. The second-order valence-corrected chi connectivity index (χ2v) is 5.10. The first-order valence-electron chi connectivity index (χ1n) is 5.83. The van der Waals surface area contributed by atoms with E-state index in [-0.39, 0.29) is 0 Å². The van der Waals surface area contributed by atoms with Gasteiger partial charge in [0.05, 0.1) is 0 Å². The fraction of sp³-hybridized carbons (Fsp3) is 0.800. The van der Waals surface area contributed by atoms with Crippen LogP contribution in [0.25, 0.3) is 0 Å². The minimum Gasteiger partial charge on any atom is -0.313 e. The molecular weight excluding hydrogens is 222 g/mol. The SMILES string of the molecule is CCC1CCCN(Cc2nnsc2NN)C1. The molecule has 90 valence electrons. The number of nitrogens with one attached hydrogen (secondary N) is 1. The Kier molecular flexibility index (Phi) is 4.09. The number of nitrogen functional groups attached to an aromatic ring is 1. The van der Waals surface area contributed by atoms with Gasteiger partial charge >= 0.3 is 0 Å². The molecule has 2 heterocycles. The third kappa shape index (κ3) is 2.69. The van der Waals surface area contributed by atoms with Crippen LogP contribution in [0, 0.1) is 5.92 Å². The molecule has 0 bridgehead atoms. The number of likely N-dealkylation sites (tertiary alicyclic amines) is 1. The van der Waals surface area contributed by atoms with E-state index in [0.717, 1.165) is 29.7 Å². The maximum absolute atomic E-state index is 5.42. The van der Waals surface area contributed by atoms with Gasteiger partial charge in [0, 0.05) is 24.6 Å². The van der Waals surface area contributed by atoms with Gasteiger partial charge in [0.25, 0.3) is 0 Å². The van der Waals surface area contributed by atoms with E-state index in [1.54, 1.807) is 0 Å². The van der Waals surface area contributed by atoms with Crippen molar-refractivity contribution in [2.24, 2.45) is 11.8 Å². The van der Waals surface area contributed by atoms with Crippen molar-refractivity contribution in [3.8, 4) is 0 Å². The average molecular weight is 241 g/mol. The lowest BCUT2D eigenvalue weighted by Crippen LogP contribution is -2.35. The summed E-state index contributed by atoms with van der Waals surface area (Å²) in [6, 6.07) is 0. The zero-order valence-corrected chi connectivity index (χ0v) is 10.5. The van der Waals surface area contributed by atoms with Gasteiger partial charge < -0.3 is 5.43 Å². The Bertz CT molecular complexity index is 327. The highest BCUT2D eigenvalue weighted by molar-refractivity contribution is 7.10. The predicted octanol–water partition coefficient (Wildman–Crippen LogP) is 1.45. The molecule has 1 aromatic heterocycles. The number of hydrogen-bond donors (Lipinski definition) is 2. The van der Waals surface area contributed by atoms with Gasteiger partial charge in [-0.2, -0.15) is 0 Å². The molecule has 0 aliphatic carbocycles. The van der Waals surface area contributed by atoms with E-state index >= 15 is 0 Å². The van der Waals surface area contributed by atoms with Crippen molar-refractivity contribution in [3.05, 3.63) is 5.69 Å². The largest absolute Gasteiger partial charge is 0.313 e. The topological polar surface area (TPSA) is 67.1 Å². The summed E-state index contributed by atoms with van der Waals surface area (Å²) in [7, 11) is 0. The second kappa shape index (κ2) is 5.56. The first-order chi connectivity index (χ1) is 7.83. The van der Waals surface area contributed by atoms with Crippen molar-refractivity contribution in [2.75, 3.05) is 18.5 Å². The van der Waals surface area contributed by atoms with Crippen LogP contribution in [0.5, 0.6) is 0 Å². The molecule has 1 aromatic rings. The van der Waals surface area contributed by atoms with Crippen LogP contribution in [0.1, 0.15) is 31.9 Å². The number of hydrazine groups is 1. The van der Waals surface area contributed by atoms with E-state index in [4.69, 9.17) is 5.84 Å². The van der Waals surface area contributed by atoms with E-state index in [1.165, 1.54) is 37.3 Å². The summed E-state index contributed by atoms with van der Waals surface area (Å²) in [5.41, 5.74) is 3.63. The van der Waals surface area contributed by atoms with E-state index in [9.17, 15) is 0 Å². The molecule has 0 aromatic carbocycles. The third-order valence-electron chi connectivity index (χ3n) is 3.24. The number of aromatic nitrogens is 2. The highest BCUT2D eigenvalue weighted by Gasteiger charge is 2.20. The number of nitrogens with zero attached hydrogens (tertiary/aromatic N) is 3. The Hall–Kier alpha value is -0.720. The Labute approximate surface area is 100 Å². The maximum atomic E-state index is 5.42. The summed E-state index contributed by atoms with van der Waals surface area (Å²) >= 11 is 1.32. The molecule has 1 fully saturated rings. The lowest BCUT2D eigenvalue weighted by Gasteiger charge is -2.31. The molecule has 3 N–H and O–H groups in total. The minimum atomic E-state index is 0.842. The highest BCUT2D eigenvalue weighted by Crippen LogP contribution is 2.23. The standard InChI is InChI=1S/C10H19N5S/c1-2-8-4-3-5-15(6-8)7-9-10(12-11)16-14-13-9/h8,12H,2-7,11H2,1H3. The molecule has 1 saturated heterocycles. The lowest BCUT2D eigenvalue weighted by molar-refractivity contribution is 0.163. The van der Waals surface area contributed by atoms with Crippen LogP contribution in [0.4, 0.5) is 5.00 Å². The molecule has 1 aliphatic rings. The maximum Gasteiger partial charge on any atom is 0.148 e. The van der Waals surface area contributed by atoms with Crippen LogP contribution in [0.15, 0.2) is 0 Å². The van der Waals surface area contributed by atoms with E-state index in [2.05, 4.69) is 26.8 Å². The molecule has 2 rings (SSSR count). The quantitative estimate of drug-likeness (QED) is 0.617. The summed E-state index contributed by atoms with van der Waals surface area (Å²) in [6.45, 7) is 5.48. The molecule has 1 unspecified atom stereocenters. The van der Waals surface area contributed by atoms with Crippen molar-refractivity contribution in [3.63, 3.8) is 0 Å². The Morgan fingerprint density at radius 3 is 3.25 bits per heavy atom. The van der Waals surface area contributed by atoms with Crippen LogP contribution in [0.3, 0.4) is 0 Å². The predicted molar refractivity (Wildman–Crippen MR) is 66.0 cm³/mol. The van der Waals surface area contributed by atoms with E-state index in [1.807, 2.05) is 0 Å². The van der Waals surface area contributed by atoms with Gasteiger partial charge in [-0.3, -0.25) is 4.90 Å². The van der Waals surface area contributed by atoms with Crippen molar-refractivity contribution in [2.45, 2.75) is 32.7 Å². The van der Waals surface area contributed by atoms with Gasteiger partial charge in [-0.05, 0) is 25.3 Å². The van der Waals surface area contributed by atoms with E-state index < -0.39 is 0 Å². The van der Waals surface area contributed by atoms with Gasteiger partial charge in [0.2, 0.25) is 0 Å².